The Labute approximate surface area is 99.4 Å². The molecule has 1 aliphatic carbocycles. The van der Waals surface area contributed by atoms with Gasteiger partial charge in [0.25, 0.3) is 0 Å². The largest absolute Gasteiger partial charge is 0.0754 e. The lowest BCUT2D eigenvalue weighted by Gasteiger charge is -2.11. The van der Waals surface area contributed by atoms with Crippen LogP contribution in [-0.4, -0.2) is 0 Å². The van der Waals surface area contributed by atoms with Crippen LogP contribution in [0.1, 0.15) is 55.4 Å². The van der Waals surface area contributed by atoms with Crippen LogP contribution in [0.3, 0.4) is 0 Å². The van der Waals surface area contributed by atoms with Gasteiger partial charge in [0.1, 0.15) is 0 Å². The van der Waals surface area contributed by atoms with Crippen molar-refractivity contribution in [1.29, 1.82) is 0 Å². The second kappa shape index (κ2) is 5.34. The molecule has 0 saturated carbocycles. The molecule has 0 heteroatoms. The Bertz CT molecular complexity index is 385. The summed E-state index contributed by atoms with van der Waals surface area (Å²) in [7, 11) is 0. The van der Waals surface area contributed by atoms with Gasteiger partial charge in [-0.25, -0.2) is 0 Å². The van der Waals surface area contributed by atoms with Gasteiger partial charge < -0.3 is 0 Å². The molecule has 85 valence electrons. The van der Waals surface area contributed by atoms with Crippen LogP contribution >= 0.6 is 0 Å². The van der Waals surface area contributed by atoms with Gasteiger partial charge in [0.2, 0.25) is 0 Å². The standard InChI is InChI=1S/C16H21/c1-3-5-6-8-14-12-11-13(4-2)15-9-7-10-16(14)15/h7,9-12H,3-6,8H2,1-2H3. The van der Waals surface area contributed by atoms with Gasteiger partial charge >= 0.3 is 0 Å². The van der Waals surface area contributed by atoms with Crippen molar-refractivity contribution in [3.63, 3.8) is 0 Å². The highest BCUT2D eigenvalue weighted by atomic mass is 14.2. The molecule has 1 aliphatic rings. The van der Waals surface area contributed by atoms with Crippen molar-refractivity contribution in [2.75, 3.05) is 0 Å². The first-order valence-corrected chi connectivity index (χ1v) is 6.53. The molecule has 0 spiro atoms. The van der Waals surface area contributed by atoms with Crippen LogP contribution in [-0.2, 0) is 12.8 Å². The number of hydrogen-bond acceptors (Lipinski definition) is 0. The predicted octanol–water partition coefficient (Wildman–Crippen LogP) is 4.56. The highest BCUT2D eigenvalue weighted by Crippen LogP contribution is 2.29. The van der Waals surface area contributed by atoms with Crippen LogP contribution in [0.2, 0.25) is 0 Å². The molecular formula is C16H21. The van der Waals surface area contributed by atoms with E-state index in [1.54, 1.807) is 0 Å². The molecule has 0 fully saturated rings. The molecule has 16 heavy (non-hydrogen) atoms. The first kappa shape index (κ1) is 11.4. The third-order valence-corrected chi connectivity index (χ3v) is 3.42. The molecule has 1 aromatic rings. The molecule has 0 saturated heterocycles. The lowest BCUT2D eigenvalue weighted by Crippen LogP contribution is -1.97. The topological polar surface area (TPSA) is 0 Å². The number of rotatable bonds is 5. The third-order valence-electron chi connectivity index (χ3n) is 3.42. The average Bonchev–Trinajstić information content (AvgIpc) is 2.79. The molecule has 0 atom stereocenters. The Kier molecular flexibility index (Phi) is 3.82. The highest BCUT2D eigenvalue weighted by molar-refractivity contribution is 5.69. The summed E-state index contributed by atoms with van der Waals surface area (Å²) in [4.78, 5) is 0. The molecule has 0 N–H and O–H groups in total. The predicted molar refractivity (Wildman–Crippen MR) is 71.5 cm³/mol. The molecule has 2 rings (SSSR count). The van der Waals surface area contributed by atoms with E-state index in [2.05, 4.69) is 44.6 Å². The first-order chi connectivity index (χ1) is 7.86. The van der Waals surface area contributed by atoms with Crippen LogP contribution in [0.5, 0.6) is 0 Å². The normalized spacial score (nSPS) is 13.1. The molecule has 1 aromatic carbocycles. The van der Waals surface area contributed by atoms with E-state index >= 15 is 0 Å². The van der Waals surface area contributed by atoms with E-state index in [0.29, 0.717) is 0 Å². The van der Waals surface area contributed by atoms with Gasteiger partial charge in [-0.3, -0.25) is 0 Å². The lowest BCUT2D eigenvalue weighted by atomic mass is 9.93. The quantitative estimate of drug-likeness (QED) is 0.629. The molecule has 0 aliphatic heterocycles. The zero-order chi connectivity index (χ0) is 11.4. The molecule has 0 unspecified atom stereocenters. The molecule has 0 amide bonds. The van der Waals surface area contributed by atoms with Crippen molar-refractivity contribution >= 4 is 6.08 Å². The van der Waals surface area contributed by atoms with E-state index in [1.807, 2.05) is 0 Å². The zero-order valence-corrected chi connectivity index (χ0v) is 10.4. The molecule has 1 radical (unpaired) electrons. The smallest absolute Gasteiger partial charge is 0.0134 e. The van der Waals surface area contributed by atoms with Gasteiger partial charge in [0.15, 0.2) is 0 Å². The van der Waals surface area contributed by atoms with Crippen molar-refractivity contribution in [1.82, 2.24) is 0 Å². The second-order valence-corrected chi connectivity index (χ2v) is 4.55. The molecule has 0 aromatic heterocycles. The van der Waals surface area contributed by atoms with Crippen molar-refractivity contribution < 1.29 is 0 Å². The Balaban J connectivity index is 2.19. The van der Waals surface area contributed by atoms with Gasteiger partial charge in [0.05, 0.1) is 0 Å². The molecule has 0 nitrogen and oxygen atoms in total. The number of allylic oxidation sites excluding steroid dienone is 1. The van der Waals surface area contributed by atoms with Crippen LogP contribution < -0.4 is 0 Å². The summed E-state index contributed by atoms with van der Waals surface area (Å²) < 4.78 is 0. The minimum Gasteiger partial charge on any atom is -0.0754 e. The Morgan fingerprint density at radius 3 is 2.50 bits per heavy atom. The van der Waals surface area contributed by atoms with Crippen molar-refractivity contribution in [3.05, 3.63) is 46.9 Å². The SMILES string of the molecule is CCCCCc1ccc(CC)c2c1[CH]C=C2. The average molecular weight is 213 g/mol. The Hall–Kier alpha value is -1.04. The second-order valence-electron chi connectivity index (χ2n) is 4.55. The highest BCUT2D eigenvalue weighted by Gasteiger charge is 2.13. The first-order valence-electron chi connectivity index (χ1n) is 6.53. The molecular weight excluding hydrogens is 192 g/mol. The third kappa shape index (κ3) is 2.21. The number of fused-ring (bicyclic) bond motifs is 1. The van der Waals surface area contributed by atoms with Gasteiger partial charge in [-0.15, -0.1) is 0 Å². The summed E-state index contributed by atoms with van der Waals surface area (Å²) in [6, 6.07) is 4.64. The maximum absolute atomic E-state index is 2.33. The minimum atomic E-state index is 1.13. The zero-order valence-electron chi connectivity index (χ0n) is 10.4. The lowest BCUT2D eigenvalue weighted by molar-refractivity contribution is 0.716. The van der Waals surface area contributed by atoms with E-state index < -0.39 is 0 Å². The molecule has 0 heterocycles. The van der Waals surface area contributed by atoms with E-state index in [0.717, 1.165) is 6.42 Å². The van der Waals surface area contributed by atoms with E-state index in [1.165, 1.54) is 47.9 Å². The van der Waals surface area contributed by atoms with Crippen LogP contribution in [0, 0.1) is 6.42 Å². The summed E-state index contributed by atoms with van der Waals surface area (Å²) in [6.45, 7) is 4.50. The summed E-state index contributed by atoms with van der Waals surface area (Å²) in [5.74, 6) is 0. The number of benzene rings is 1. The van der Waals surface area contributed by atoms with Gasteiger partial charge in [-0.2, -0.15) is 0 Å². The Morgan fingerprint density at radius 2 is 1.75 bits per heavy atom. The summed E-state index contributed by atoms with van der Waals surface area (Å²) in [5.41, 5.74) is 5.97. The maximum Gasteiger partial charge on any atom is 0.0134 e. The van der Waals surface area contributed by atoms with Crippen LogP contribution in [0.4, 0.5) is 0 Å². The Morgan fingerprint density at radius 1 is 0.938 bits per heavy atom. The minimum absolute atomic E-state index is 1.13. The fourth-order valence-electron chi connectivity index (χ4n) is 2.45. The maximum atomic E-state index is 2.33. The van der Waals surface area contributed by atoms with Gasteiger partial charge in [-0.1, -0.05) is 51.0 Å². The summed E-state index contributed by atoms with van der Waals surface area (Å²) >= 11 is 0. The van der Waals surface area contributed by atoms with E-state index in [4.69, 9.17) is 0 Å². The summed E-state index contributed by atoms with van der Waals surface area (Å²) in [5, 5.41) is 0. The fraction of sp³-hybridized carbons (Fsp3) is 0.438. The van der Waals surface area contributed by atoms with E-state index in [9.17, 15) is 0 Å². The van der Waals surface area contributed by atoms with E-state index in [-0.39, 0.29) is 0 Å². The molecule has 0 bridgehead atoms. The van der Waals surface area contributed by atoms with Crippen LogP contribution in [0.15, 0.2) is 18.2 Å². The van der Waals surface area contributed by atoms with Crippen LogP contribution in [0.25, 0.3) is 6.08 Å². The number of unbranched alkanes of at least 4 members (excludes halogenated alkanes) is 2. The van der Waals surface area contributed by atoms with Crippen molar-refractivity contribution in [3.8, 4) is 0 Å². The van der Waals surface area contributed by atoms with Gasteiger partial charge in [-0.05, 0) is 41.5 Å². The number of hydrogen-bond donors (Lipinski definition) is 0. The van der Waals surface area contributed by atoms with Gasteiger partial charge in [0, 0.05) is 6.42 Å². The monoisotopic (exact) mass is 213 g/mol. The fourth-order valence-corrected chi connectivity index (χ4v) is 2.45. The number of aryl methyl sites for hydroxylation is 2. The van der Waals surface area contributed by atoms with Crippen molar-refractivity contribution in [2.24, 2.45) is 0 Å². The summed E-state index contributed by atoms with van der Waals surface area (Å²) in [6.07, 6.45) is 13.1. The van der Waals surface area contributed by atoms with Crippen molar-refractivity contribution in [2.45, 2.75) is 46.0 Å².